The molecule has 0 aliphatic heterocycles. The van der Waals surface area contributed by atoms with E-state index in [-0.39, 0.29) is 42.3 Å². The van der Waals surface area contributed by atoms with E-state index in [1.165, 1.54) is 43.3 Å². The van der Waals surface area contributed by atoms with E-state index in [0.29, 0.717) is 10.5 Å². The molecule has 2 aromatic rings. The highest BCUT2D eigenvalue weighted by Gasteiger charge is 2.74. The van der Waals surface area contributed by atoms with Gasteiger partial charge in [0.05, 0.1) is 18.1 Å². The quantitative estimate of drug-likeness (QED) is 0.136. The van der Waals surface area contributed by atoms with Crippen LogP contribution in [0.5, 0.6) is 5.75 Å². The van der Waals surface area contributed by atoms with E-state index in [1.54, 1.807) is 6.92 Å². The van der Waals surface area contributed by atoms with Gasteiger partial charge in [0, 0.05) is 36.9 Å². The molecule has 0 aliphatic rings. The average Bonchev–Trinajstić information content (AvgIpc) is 2.92. The van der Waals surface area contributed by atoms with Crippen molar-refractivity contribution in [3.8, 4) is 5.75 Å². The molecule has 2 N–H and O–H groups in total. The first-order valence-corrected chi connectivity index (χ1v) is 12.7. The second kappa shape index (κ2) is 15.0. The Balaban J connectivity index is 2.12. The van der Waals surface area contributed by atoms with Gasteiger partial charge in [0.2, 0.25) is 0 Å². The zero-order valence-electron chi connectivity index (χ0n) is 23.2. The molecule has 2 amide bonds. The van der Waals surface area contributed by atoms with Crippen LogP contribution in [0.1, 0.15) is 18.1 Å². The number of ether oxygens (including phenoxy) is 3. The maximum Gasteiger partial charge on any atom is 0.462 e. The van der Waals surface area contributed by atoms with E-state index in [2.05, 4.69) is 10.1 Å². The van der Waals surface area contributed by atoms with E-state index in [1.807, 2.05) is 0 Å². The van der Waals surface area contributed by atoms with Gasteiger partial charge in [0.25, 0.3) is 5.69 Å². The molecule has 2 rings (SSSR count). The normalized spacial score (nSPS) is 12.8. The number of hydrogen-bond donors (Lipinski definition) is 2. The van der Waals surface area contributed by atoms with Gasteiger partial charge in [-0.25, -0.2) is 9.59 Å². The number of amides is 2. The number of aliphatic carboxylic acids is 1. The zero-order chi connectivity index (χ0) is 33.3. The summed E-state index contributed by atoms with van der Waals surface area (Å²) in [6.07, 6.45) is -13.6. The summed E-state index contributed by atoms with van der Waals surface area (Å²) in [5.74, 6) is -7.45. The van der Waals surface area contributed by atoms with E-state index in [0.717, 1.165) is 6.07 Å². The number of carboxylic acids is 1. The molecule has 0 aliphatic carbocycles. The van der Waals surface area contributed by atoms with Gasteiger partial charge < -0.3 is 29.5 Å². The maximum absolute atomic E-state index is 13.6. The SMILES string of the molecule is CCOC(Cc1ccc(OCCN(CCOC(F)(F)C(F)(F)C(F)(F)F)C(=O)Nc2ccc(C)c([N+](=O)[O-])c2)cc1)C(=O)O. The van der Waals surface area contributed by atoms with Gasteiger partial charge in [0.1, 0.15) is 12.4 Å². The van der Waals surface area contributed by atoms with Crippen molar-refractivity contribution in [3.63, 3.8) is 0 Å². The average molecular weight is 644 g/mol. The summed E-state index contributed by atoms with van der Waals surface area (Å²) in [6, 6.07) is 8.49. The number of aryl methyl sites for hydroxylation is 1. The lowest BCUT2D eigenvalue weighted by molar-refractivity contribution is -0.423. The van der Waals surface area contributed by atoms with Gasteiger partial charge in [-0.2, -0.15) is 30.7 Å². The third kappa shape index (κ3) is 9.66. The lowest BCUT2D eigenvalue weighted by atomic mass is 10.1. The highest BCUT2D eigenvalue weighted by molar-refractivity contribution is 5.89. The summed E-state index contributed by atoms with van der Waals surface area (Å²) in [5.41, 5.74) is 0.367. The first-order valence-electron chi connectivity index (χ1n) is 12.7. The third-order valence-electron chi connectivity index (χ3n) is 5.93. The van der Waals surface area contributed by atoms with Crippen molar-refractivity contribution in [3.05, 3.63) is 63.7 Å². The number of halogens is 7. The minimum absolute atomic E-state index is 0.0482. The van der Waals surface area contributed by atoms with Crippen molar-refractivity contribution < 1.29 is 64.6 Å². The number of benzene rings is 2. The van der Waals surface area contributed by atoms with E-state index in [9.17, 15) is 55.5 Å². The molecule has 0 heterocycles. The summed E-state index contributed by atoms with van der Waals surface area (Å²) in [5, 5.41) is 22.7. The number of nitrogens with one attached hydrogen (secondary N) is 1. The number of urea groups is 1. The van der Waals surface area contributed by atoms with Gasteiger partial charge in [-0.15, -0.1) is 0 Å². The highest BCUT2D eigenvalue weighted by atomic mass is 19.4. The zero-order valence-corrected chi connectivity index (χ0v) is 23.2. The minimum atomic E-state index is -6.62. The second-order valence-corrected chi connectivity index (χ2v) is 9.09. The Hall–Kier alpha value is -4.19. The first kappa shape index (κ1) is 36.0. The minimum Gasteiger partial charge on any atom is -0.492 e. The number of alkyl halides is 7. The Morgan fingerprint density at radius 2 is 1.64 bits per heavy atom. The van der Waals surface area contributed by atoms with Gasteiger partial charge in [-0.3, -0.25) is 10.1 Å². The van der Waals surface area contributed by atoms with Crippen LogP contribution in [0.4, 0.5) is 46.9 Å². The van der Waals surface area contributed by atoms with Crippen molar-refractivity contribution in [2.24, 2.45) is 0 Å². The van der Waals surface area contributed by atoms with Crippen LogP contribution in [-0.4, -0.2) is 84.2 Å². The molecule has 0 radical (unpaired) electrons. The number of carbonyl (C=O) groups is 2. The van der Waals surface area contributed by atoms with E-state index >= 15 is 0 Å². The predicted octanol–water partition coefficient (Wildman–Crippen LogP) is 5.66. The molecule has 44 heavy (non-hydrogen) atoms. The molecular weight excluding hydrogens is 615 g/mol. The number of carboxylic acid groups (broad SMARTS) is 1. The number of nitro benzene ring substituents is 1. The molecule has 244 valence electrons. The number of carbonyl (C=O) groups excluding carboxylic acids is 1. The van der Waals surface area contributed by atoms with Gasteiger partial charge >= 0.3 is 30.2 Å². The predicted molar refractivity (Wildman–Crippen MR) is 139 cm³/mol. The van der Waals surface area contributed by atoms with Crippen LogP contribution in [-0.2, 0) is 20.7 Å². The molecule has 0 saturated heterocycles. The van der Waals surface area contributed by atoms with Crippen LogP contribution in [0.15, 0.2) is 42.5 Å². The van der Waals surface area contributed by atoms with Crippen molar-refractivity contribution in [1.82, 2.24) is 4.90 Å². The fourth-order valence-electron chi connectivity index (χ4n) is 3.57. The Morgan fingerprint density at radius 1 is 1.02 bits per heavy atom. The van der Waals surface area contributed by atoms with Crippen molar-refractivity contribution in [2.45, 2.75) is 44.6 Å². The molecule has 0 fully saturated rings. The topological polar surface area (TPSA) is 140 Å². The molecule has 18 heteroatoms. The number of anilines is 1. The van der Waals surface area contributed by atoms with Crippen molar-refractivity contribution >= 4 is 23.4 Å². The van der Waals surface area contributed by atoms with Gasteiger partial charge in [-0.1, -0.05) is 18.2 Å². The monoisotopic (exact) mass is 643 g/mol. The second-order valence-electron chi connectivity index (χ2n) is 9.09. The van der Waals surface area contributed by atoms with E-state index < -0.39 is 60.9 Å². The smallest absolute Gasteiger partial charge is 0.462 e. The molecule has 2 aromatic carbocycles. The Bertz CT molecular complexity index is 1290. The molecule has 11 nitrogen and oxygen atoms in total. The van der Waals surface area contributed by atoms with Crippen LogP contribution in [0.25, 0.3) is 0 Å². The molecule has 0 saturated carbocycles. The van der Waals surface area contributed by atoms with Gasteiger partial charge in [0.15, 0.2) is 6.10 Å². The molecular formula is C26H28F7N3O8. The summed E-state index contributed by atoms with van der Waals surface area (Å²) >= 11 is 0. The number of hydrogen-bond acceptors (Lipinski definition) is 7. The van der Waals surface area contributed by atoms with E-state index in [4.69, 9.17) is 9.47 Å². The fourth-order valence-corrected chi connectivity index (χ4v) is 3.57. The Morgan fingerprint density at radius 3 is 2.18 bits per heavy atom. The number of nitrogens with zero attached hydrogens (tertiary/aromatic N) is 2. The van der Waals surface area contributed by atoms with Crippen molar-refractivity contribution in [1.29, 1.82) is 0 Å². The summed E-state index contributed by atoms with van der Waals surface area (Å²) in [6.45, 7) is 0.0911. The molecule has 1 unspecified atom stereocenters. The first-order chi connectivity index (χ1) is 20.4. The Labute approximate surface area is 245 Å². The lowest BCUT2D eigenvalue weighted by Gasteiger charge is -2.29. The summed E-state index contributed by atoms with van der Waals surface area (Å²) in [7, 11) is 0. The van der Waals surface area contributed by atoms with Crippen LogP contribution in [0.3, 0.4) is 0 Å². The van der Waals surface area contributed by atoms with Gasteiger partial charge in [-0.05, 0) is 37.6 Å². The largest absolute Gasteiger partial charge is 0.492 e. The van der Waals surface area contributed by atoms with Crippen molar-refractivity contribution in [2.75, 3.05) is 38.2 Å². The van der Waals surface area contributed by atoms with Crippen LogP contribution in [0.2, 0.25) is 0 Å². The molecule has 0 aromatic heterocycles. The van der Waals surface area contributed by atoms with Crippen LogP contribution in [0, 0.1) is 17.0 Å². The molecule has 0 bridgehead atoms. The Kier molecular flexibility index (Phi) is 12.3. The summed E-state index contributed by atoms with van der Waals surface area (Å²) < 4.78 is 105. The molecule has 0 spiro atoms. The molecule has 1 atom stereocenters. The third-order valence-corrected chi connectivity index (χ3v) is 5.93. The highest BCUT2D eigenvalue weighted by Crippen LogP contribution is 2.46. The lowest BCUT2D eigenvalue weighted by Crippen LogP contribution is -2.54. The standard InChI is InChI=1S/C26H28F7N3O8/c1-3-42-21(22(37)38)14-17-5-8-19(9-6-17)43-12-10-35(11-13-44-26(32,33)24(27,28)25(29,30)31)23(39)34-18-7-4-16(2)20(15-18)36(40)41/h4-9,15,21H,3,10-14H2,1-2H3,(H,34,39)(H,37,38). The van der Waals surface area contributed by atoms with Crippen LogP contribution < -0.4 is 10.1 Å². The summed E-state index contributed by atoms with van der Waals surface area (Å²) in [4.78, 5) is 35.3. The maximum atomic E-state index is 13.6. The van der Waals surface area contributed by atoms with Crippen LogP contribution >= 0.6 is 0 Å². The number of rotatable bonds is 16. The fraction of sp³-hybridized carbons (Fsp3) is 0.462. The number of nitro groups is 1.